The average Bonchev–Trinajstić information content (AvgIpc) is 4.30. The molecule has 448 valence electrons. The molecule has 30 heteroatoms. The number of fused-ring (bicyclic) bond motifs is 3. The summed E-state index contributed by atoms with van der Waals surface area (Å²) in [6, 6.07) is 1.64. The molecule has 23 nitrogen and oxygen atoms in total. The number of anilines is 3. The predicted octanol–water partition coefficient (Wildman–Crippen LogP) is 0.924. The van der Waals surface area contributed by atoms with E-state index in [0.717, 1.165) is 88.8 Å². The summed E-state index contributed by atoms with van der Waals surface area (Å²) < 4.78 is 82.8. The first-order valence-electron chi connectivity index (χ1n) is 26.1. The minimum absolute atomic E-state index is 0. The first-order chi connectivity index (χ1) is 37.9. The van der Waals surface area contributed by atoms with E-state index in [1.165, 1.54) is 0 Å². The van der Waals surface area contributed by atoms with E-state index in [2.05, 4.69) is 57.1 Å². The van der Waals surface area contributed by atoms with Crippen LogP contribution in [0.4, 0.5) is 40.4 Å². The fraction of sp³-hybridized carbons (Fsp3) is 0.635. The van der Waals surface area contributed by atoms with E-state index in [1.54, 1.807) is 14.7 Å². The van der Waals surface area contributed by atoms with Crippen molar-refractivity contribution in [1.29, 1.82) is 0 Å². The van der Waals surface area contributed by atoms with Gasteiger partial charge in [-0.2, -0.15) is 0 Å². The fourth-order valence-electron chi connectivity index (χ4n) is 8.83. The molecule has 5 aliphatic heterocycles. The topological polar surface area (TPSA) is 267 Å². The molecule has 0 bridgehead atoms. The van der Waals surface area contributed by atoms with Crippen molar-refractivity contribution < 1.29 is 219 Å². The van der Waals surface area contributed by atoms with Crippen LogP contribution in [0.5, 0.6) is 0 Å². The number of carbonyl (C=O) groups excluding carboxylic acids is 4. The van der Waals surface area contributed by atoms with Crippen LogP contribution in [0.15, 0.2) is 25.7 Å². The Morgan fingerprint density at radius 1 is 0.683 bits per heavy atom. The number of carbonyl (C=O) groups is 4. The van der Waals surface area contributed by atoms with Crippen LogP contribution in [0.25, 0.3) is 0 Å². The molecule has 5 aliphatic rings. The molecular formula is C52H74Br2Cs2F3N9O14. The second-order valence-electron chi connectivity index (χ2n) is 21.1. The number of ether oxygens (including phenoxy) is 5. The van der Waals surface area contributed by atoms with E-state index >= 15 is 0 Å². The minimum atomic E-state index is -1.54. The molecule has 3 aromatic heterocycles. The number of amides is 3. The van der Waals surface area contributed by atoms with Gasteiger partial charge in [-0.1, -0.05) is 47.3 Å². The number of nitrogen functional groups attached to an aromatic ring is 1. The van der Waals surface area contributed by atoms with Crippen LogP contribution >= 0.6 is 31.9 Å². The van der Waals surface area contributed by atoms with Crippen LogP contribution in [-0.2, 0) is 83.5 Å². The zero-order valence-electron chi connectivity index (χ0n) is 49.7. The van der Waals surface area contributed by atoms with Gasteiger partial charge in [0, 0.05) is 74.2 Å². The van der Waals surface area contributed by atoms with Crippen molar-refractivity contribution in [1.82, 2.24) is 30.2 Å². The monoisotopic (exact) mass is 1530 g/mol. The van der Waals surface area contributed by atoms with Crippen LogP contribution < -0.4 is 159 Å². The molecule has 0 unspecified atom stereocenters. The molecule has 4 aromatic rings. The second kappa shape index (κ2) is 36.0. The minimum Gasteiger partial charge on any atom is -1.00 e. The number of benzene rings is 1. The SMILES string of the molecule is BrCCOCCBr.C[C@H]1Cc2noc(N)c2CN1C(=O)OC(C)(C)C.C[C@H]1Cc2noc(N3CCOCC3)c2CN1C(=O)Cc1cc(F)c(F)c(F)c1.C[C@H]1Cc2noc(N3CCOCC3)c2CN1C(=O)OC(C)(C)C.O=CO[O-].[Cs+].[Cs+].[H-]. The molecule has 2 saturated heterocycles. The average molecular weight is 1530 g/mol. The van der Waals surface area contributed by atoms with Crippen molar-refractivity contribution in [2.24, 2.45) is 0 Å². The molecule has 2 N–H and O–H groups in total. The van der Waals surface area contributed by atoms with Gasteiger partial charge in [0.15, 0.2) is 17.5 Å². The van der Waals surface area contributed by atoms with Crippen LogP contribution in [0.3, 0.4) is 0 Å². The summed E-state index contributed by atoms with van der Waals surface area (Å²) in [4.78, 5) is 57.8. The normalized spacial score (nSPS) is 18.2. The van der Waals surface area contributed by atoms with Crippen molar-refractivity contribution >= 4 is 74.1 Å². The van der Waals surface area contributed by atoms with Gasteiger partial charge in [-0.3, -0.25) is 9.59 Å². The molecular weight excluding hydrogens is 1460 g/mol. The Morgan fingerprint density at radius 2 is 1.05 bits per heavy atom. The largest absolute Gasteiger partial charge is 1.00 e. The number of hydrogen-bond donors (Lipinski definition) is 1. The summed E-state index contributed by atoms with van der Waals surface area (Å²) in [5.74, 6) is -2.74. The van der Waals surface area contributed by atoms with E-state index in [0.29, 0.717) is 84.3 Å². The first-order valence-corrected chi connectivity index (χ1v) is 28.3. The maximum absolute atomic E-state index is 13.4. The van der Waals surface area contributed by atoms with Gasteiger partial charge in [0.25, 0.3) is 6.47 Å². The van der Waals surface area contributed by atoms with E-state index in [9.17, 15) is 27.6 Å². The predicted molar refractivity (Wildman–Crippen MR) is 290 cm³/mol. The first kappa shape index (κ1) is 74.7. The standard InChI is InChI=1S/C19H20F3N3O3.C16H25N3O4.C12H19N3O3.C4H8Br2O.CH2O3.2Cs.H/c1-11-6-16-13(19(28-23-16)24-2-4-27-5-3-24)10-25(11)17(26)9-12-7-14(20)18(22)15(21)8-12;1-11-9-13-12(10-19(11)15(20)22-16(2,3)4)14(23-17-13)18-5-7-21-8-6-18;1-7-5-9-8(10(13)18-14-9)6-15(7)11(16)17-12(2,3)4;5-1-3-7-4-2-6;2-1-4-3;;;/h7-8,11H,2-6,9-10H2,1H3;11H,5-10H2,1-4H3;7H,5-6,13H2,1-4H3;1-4H2;1,3H;;;/q;;;;;2*+1;-1/p-1/t2*11-;7-;;;;;/m000...../s1. The number of nitrogens with zero attached hydrogens (tertiary/aromatic N) is 8. The van der Waals surface area contributed by atoms with Gasteiger partial charge in [0.2, 0.25) is 23.6 Å². The molecule has 0 spiro atoms. The summed E-state index contributed by atoms with van der Waals surface area (Å²) in [6.45, 7) is 25.1. The zero-order valence-corrected chi connectivity index (χ0v) is 64.4. The van der Waals surface area contributed by atoms with Crippen LogP contribution in [0.1, 0.15) is 103 Å². The third-order valence-corrected chi connectivity index (χ3v) is 13.3. The van der Waals surface area contributed by atoms with Crippen molar-refractivity contribution in [2.75, 3.05) is 92.0 Å². The molecule has 8 heterocycles. The Kier molecular flexibility index (Phi) is 32.8. The Bertz CT molecular complexity index is 2630. The molecule has 3 atom stereocenters. The Labute approximate surface area is 612 Å². The van der Waals surface area contributed by atoms with Gasteiger partial charge in [0.05, 0.1) is 99.5 Å². The summed E-state index contributed by atoms with van der Waals surface area (Å²) >= 11 is 6.48. The van der Waals surface area contributed by atoms with Crippen molar-refractivity contribution in [2.45, 2.75) is 137 Å². The molecule has 82 heavy (non-hydrogen) atoms. The van der Waals surface area contributed by atoms with Gasteiger partial charge in [-0.05, 0) is 80.0 Å². The van der Waals surface area contributed by atoms with Gasteiger partial charge in [0.1, 0.15) is 11.2 Å². The maximum Gasteiger partial charge on any atom is 1.00 e. The molecule has 2 fully saturated rings. The van der Waals surface area contributed by atoms with E-state index in [1.807, 2.05) is 67.2 Å². The van der Waals surface area contributed by atoms with Gasteiger partial charge in [-0.25, -0.2) is 22.8 Å². The summed E-state index contributed by atoms with van der Waals surface area (Å²) in [6.07, 6.45) is 1.01. The molecule has 0 radical (unpaired) electrons. The fourth-order valence-corrected chi connectivity index (χ4v) is 9.29. The Hall–Kier alpha value is -1.58. The Morgan fingerprint density at radius 3 is 1.44 bits per heavy atom. The van der Waals surface area contributed by atoms with Gasteiger partial charge >= 0.3 is 150 Å². The third kappa shape index (κ3) is 22.5. The number of morpholine rings is 2. The summed E-state index contributed by atoms with van der Waals surface area (Å²) in [5.41, 5.74) is 10.0. The van der Waals surface area contributed by atoms with Gasteiger partial charge < -0.3 is 79.1 Å². The quantitative estimate of drug-likeness (QED) is 0.0610. The zero-order chi connectivity index (χ0) is 58.9. The van der Waals surface area contributed by atoms with E-state index in [4.69, 9.17) is 53.0 Å². The number of nitrogens with two attached hydrogens (primary N) is 1. The number of hydrogen-bond acceptors (Lipinski definition) is 20. The summed E-state index contributed by atoms with van der Waals surface area (Å²) in [5, 5.41) is 22.6. The number of alkyl halides is 2. The van der Waals surface area contributed by atoms with Crippen LogP contribution in [0.2, 0.25) is 0 Å². The van der Waals surface area contributed by atoms with Crippen molar-refractivity contribution in [3.63, 3.8) is 0 Å². The number of halogens is 5. The molecule has 0 saturated carbocycles. The smallest absolute Gasteiger partial charge is 1.00 e. The maximum atomic E-state index is 13.4. The van der Waals surface area contributed by atoms with E-state index < -0.39 is 28.7 Å². The summed E-state index contributed by atoms with van der Waals surface area (Å²) in [7, 11) is 0. The molecule has 1 aromatic carbocycles. The van der Waals surface area contributed by atoms with Crippen molar-refractivity contribution in [3.8, 4) is 0 Å². The Balaban J connectivity index is 0.000000389. The van der Waals surface area contributed by atoms with Crippen LogP contribution in [-0.4, -0.2) is 161 Å². The van der Waals surface area contributed by atoms with Crippen molar-refractivity contribution in [3.05, 3.63) is 68.9 Å². The third-order valence-electron chi connectivity index (χ3n) is 12.7. The molecule has 3 amide bonds. The van der Waals surface area contributed by atoms with Gasteiger partial charge in [-0.15, -0.1) is 0 Å². The van der Waals surface area contributed by atoms with E-state index in [-0.39, 0.29) is 200 Å². The van der Waals surface area contributed by atoms with Crippen LogP contribution in [0, 0.1) is 17.5 Å². The molecule has 9 rings (SSSR count). The number of rotatable bonds is 9. The number of aromatic nitrogens is 3. The second-order valence-corrected chi connectivity index (χ2v) is 22.7. The molecule has 0 aliphatic carbocycles.